The van der Waals surface area contributed by atoms with E-state index in [2.05, 4.69) is 97.0 Å². The first kappa shape index (κ1) is 27.9. The quantitative estimate of drug-likeness (QED) is 0.197. The number of phenolic OH excluding ortho intramolecular Hbond substituents is 2. The molecule has 7 heteroatoms. The number of phenols is 2. The Kier molecular flexibility index (Phi) is 7.74. The number of fused-ring (bicyclic) bond motifs is 2. The summed E-state index contributed by atoms with van der Waals surface area (Å²) in [5, 5.41) is 21.5. The molecule has 0 aromatic heterocycles. The van der Waals surface area contributed by atoms with E-state index in [4.69, 9.17) is 0 Å². The van der Waals surface area contributed by atoms with Gasteiger partial charge >= 0.3 is 21.1 Å². The Morgan fingerprint density at radius 1 is 0.550 bits per heavy atom. The van der Waals surface area contributed by atoms with Crippen LogP contribution in [-0.2, 0) is 21.1 Å². The third-order valence-electron chi connectivity index (χ3n) is 7.53. The van der Waals surface area contributed by atoms with E-state index in [-0.39, 0.29) is 32.6 Å². The van der Waals surface area contributed by atoms with Crippen molar-refractivity contribution < 1.29 is 31.3 Å². The molecule has 0 atom stereocenters. The van der Waals surface area contributed by atoms with Gasteiger partial charge in [-0.3, -0.25) is 0 Å². The molecule has 0 saturated heterocycles. The Hall–Kier alpha value is -3.63. The number of benzene rings is 4. The summed E-state index contributed by atoms with van der Waals surface area (Å²) in [6.45, 7) is 13.5. The second-order valence-corrected chi connectivity index (χ2v) is 10.8. The van der Waals surface area contributed by atoms with E-state index in [9.17, 15) is 10.2 Å². The Labute approximate surface area is 251 Å². The average molecular weight is 714 g/mol. The van der Waals surface area contributed by atoms with Crippen molar-refractivity contribution in [2.45, 2.75) is 39.5 Å². The van der Waals surface area contributed by atoms with E-state index in [1.807, 2.05) is 36.4 Å². The van der Waals surface area contributed by atoms with Crippen LogP contribution in [-0.4, -0.2) is 16.9 Å². The second-order valence-electron chi connectivity index (χ2n) is 10.8. The van der Waals surface area contributed by atoms with Gasteiger partial charge in [0.1, 0.15) is 11.5 Å². The van der Waals surface area contributed by atoms with Gasteiger partial charge < -0.3 is 29.8 Å². The summed E-state index contributed by atoms with van der Waals surface area (Å²) in [5.74, 6) is 1.10. The summed E-state index contributed by atoms with van der Waals surface area (Å²) in [6, 6.07) is 27.8. The Balaban J connectivity index is 0.00000323. The van der Waals surface area contributed by atoms with Crippen LogP contribution >= 0.6 is 0 Å². The van der Waals surface area contributed by atoms with E-state index >= 15 is 0 Å². The van der Waals surface area contributed by atoms with Gasteiger partial charge in [-0.25, -0.2) is 0 Å². The smallest absolute Gasteiger partial charge is 0.506 e. The molecule has 2 aliphatic heterocycles. The minimum Gasteiger partial charge on any atom is -0.506 e. The Morgan fingerprint density at radius 3 is 1.30 bits per heavy atom. The van der Waals surface area contributed by atoms with Crippen molar-refractivity contribution >= 4 is 34.1 Å². The van der Waals surface area contributed by atoms with Crippen molar-refractivity contribution in [1.82, 2.24) is 0 Å². The molecule has 40 heavy (non-hydrogen) atoms. The first-order chi connectivity index (χ1) is 18.8. The van der Waals surface area contributed by atoms with Crippen LogP contribution in [0.1, 0.15) is 50.7 Å². The van der Waals surface area contributed by atoms with Crippen molar-refractivity contribution in [1.29, 1.82) is 0 Å². The number of hydrogen-bond acceptors (Lipinski definition) is 6. The molecule has 0 spiro atoms. The number of hydrogen-bond donors (Lipinski definition) is 2. The van der Waals surface area contributed by atoms with Crippen LogP contribution in [0.2, 0.25) is 0 Å². The minimum absolute atomic E-state index is 0. The molecule has 0 radical (unpaired) electrons. The first-order valence-electron chi connectivity index (χ1n) is 13.5. The number of aromatic hydroxyl groups is 2. The largest absolute Gasteiger partial charge is 2.00 e. The summed E-state index contributed by atoms with van der Waals surface area (Å²) < 4.78 is 0. The molecule has 6 rings (SSSR count). The molecule has 0 fully saturated rings. The molecule has 2 N–H and O–H groups in total. The molecule has 0 bridgehead atoms. The third-order valence-corrected chi connectivity index (χ3v) is 7.53. The van der Waals surface area contributed by atoms with Crippen molar-refractivity contribution in [2.75, 3.05) is 26.3 Å². The fourth-order valence-electron chi connectivity index (χ4n) is 5.63. The van der Waals surface area contributed by atoms with E-state index in [1.165, 1.54) is 11.1 Å². The molecule has 4 aromatic carbocycles. The normalized spacial score (nSPS) is 14.2. The molecule has 6 nitrogen and oxygen atoms in total. The standard InChI is InChI=1S/C33H34N4O2.Pt/c1-22(2)24-11-9-15-28-32(24)36(26-13-5-7-17-30(26)38)20-34(28)19-35-21-37(27-14-6-8-18-31(27)39)33-25(23(3)4)12-10-16-29(33)35;/h5-18,20-23,38-39H,19H2,1-4H3;/q-2;+2. The average Bonchev–Trinajstić information content (AvgIpc) is 3.48. The zero-order valence-electron chi connectivity index (χ0n) is 23.1. The van der Waals surface area contributed by atoms with Gasteiger partial charge in [-0.1, -0.05) is 76.2 Å². The maximum Gasteiger partial charge on any atom is 2.00 e. The van der Waals surface area contributed by atoms with Crippen LogP contribution in [0.4, 0.5) is 34.1 Å². The van der Waals surface area contributed by atoms with Crippen LogP contribution < -0.4 is 19.6 Å². The van der Waals surface area contributed by atoms with Crippen molar-refractivity contribution in [3.63, 3.8) is 0 Å². The molecular weight excluding hydrogens is 679 g/mol. The van der Waals surface area contributed by atoms with Crippen LogP contribution in [0, 0.1) is 13.3 Å². The van der Waals surface area contributed by atoms with E-state index in [1.54, 1.807) is 12.1 Å². The van der Waals surface area contributed by atoms with Gasteiger partial charge in [-0.2, -0.15) is 0 Å². The molecule has 0 aliphatic carbocycles. The number of nitrogens with zero attached hydrogens (tertiary/aromatic N) is 4. The Bertz CT molecular complexity index is 1410. The molecule has 0 saturated carbocycles. The molecule has 2 aliphatic rings. The summed E-state index contributed by atoms with van der Waals surface area (Å²) in [4.78, 5) is 8.65. The van der Waals surface area contributed by atoms with Crippen LogP contribution in [0.3, 0.4) is 0 Å². The van der Waals surface area contributed by atoms with Gasteiger partial charge in [-0.05, 0) is 59.4 Å². The van der Waals surface area contributed by atoms with Gasteiger partial charge in [0.15, 0.2) is 0 Å². The molecule has 2 heterocycles. The van der Waals surface area contributed by atoms with Crippen molar-refractivity contribution in [3.05, 3.63) is 109 Å². The van der Waals surface area contributed by atoms with E-state index in [0.717, 1.165) is 34.1 Å². The molecule has 0 amide bonds. The van der Waals surface area contributed by atoms with E-state index < -0.39 is 0 Å². The fraction of sp³-hybridized carbons (Fsp3) is 0.212. The second kappa shape index (κ2) is 11.1. The maximum atomic E-state index is 10.8. The molecule has 4 aromatic rings. The summed E-state index contributed by atoms with van der Waals surface area (Å²) >= 11 is 0. The predicted molar refractivity (Wildman–Crippen MR) is 160 cm³/mol. The van der Waals surface area contributed by atoms with E-state index in [0.29, 0.717) is 18.5 Å². The number of para-hydroxylation sites is 6. The van der Waals surface area contributed by atoms with Gasteiger partial charge in [0, 0.05) is 29.4 Å². The summed E-state index contributed by atoms with van der Waals surface area (Å²) in [5.41, 5.74) is 8.28. The third kappa shape index (κ3) is 4.69. The van der Waals surface area contributed by atoms with Crippen molar-refractivity contribution in [3.8, 4) is 11.5 Å². The molecular formula is C33H34N4O2Pt. The first-order valence-corrected chi connectivity index (χ1v) is 13.5. The van der Waals surface area contributed by atoms with Gasteiger partial charge in [0.2, 0.25) is 0 Å². The van der Waals surface area contributed by atoms with Crippen LogP contribution in [0.5, 0.6) is 11.5 Å². The molecule has 0 unspecified atom stereocenters. The monoisotopic (exact) mass is 713 g/mol. The summed E-state index contributed by atoms with van der Waals surface area (Å²) in [7, 11) is 0. The number of rotatable bonds is 6. The fourth-order valence-corrected chi connectivity index (χ4v) is 5.63. The summed E-state index contributed by atoms with van der Waals surface area (Å²) in [6.07, 6.45) is 0. The zero-order chi connectivity index (χ0) is 27.3. The Morgan fingerprint density at radius 2 is 0.925 bits per heavy atom. The zero-order valence-corrected chi connectivity index (χ0v) is 25.4. The van der Waals surface area contributed by atoms with Crippen LogP contribution in [0.15, 0.2) is 84.9 Å². The van der Waals surface area contributed by atoms with Gasteiger partial charge in [0.05, 0.1) is 11.4 Å². The van der Waals surface area contributed by atoms with Crippen LogP contribution in [0.25, 0.3) is 0 Å². The SMILES string of the molecule is CC(C)c1cccc2c1N(c1ccccc1O)[CH-]N2CN1[CH-]N(c2ccccc2O)c2c(C(C)C)cccc21.[Pt+2]. The molecule has 208 valence electrons. The topological polar surface area (TPSA) is 53.4 Å². The van der Waals surface area contributed by atoms with Crippen molar-refractivity contribution in [2.24, 2.45) is 0 Å². The van der Waals surface area contributed by atoms with Gasteiger partial charge in [0.25, 0.3) is 0 Å². The number of anilines is 6. The minimum atomic E-state index is 0. The maximum absolute atomic E-state index is 10.8. The van der Waals surface area contributed by atoms with Gasteiger partial charge in [-0.15, -0.1) is 13.3 Å². The predicted octanol–water partition coefficient (Wildman–Crippen LogP) is 8.15.